The third kappa shape index (κ3) is 6.25. The summed E-state index contributed by atoms with van der Waals surface area (Å²) >= 11 is 0. The largest absolute Gasteiger partial charge is 0.354 e. The molecule has 112 valence electrons. The molecule has 2 unspecified atom stereocenters. The molecule has 0 aliphatic heterocycles. The van der Waals surface area contributed by atoms with Gasteiger partial charge >= 0.3 is 0 Å². The van der Waals surface area contributed by atoms with Crippen LogP contribution in [0.5, 0.6) is 0 Å². The van der Waals surface area contributed by atoms with Crippen LogP contribution >= 0.6 is 12.4 Å². The van der Waals surface area contributed by atoms with Gasteiger partial charge in [0.25, 0.3) is 0 Å². The zero-order valence-electron chi connectivity index (χ0n) is 12.0. The van der Waals surface area contributed by atoms with Gasteiger partial charge in [-0.25, -0.2) is 0 Å². The molecule has 5 nitrogen and oxygen atoms in total. The van der Waals surface area contributed by atoms with Gasteiger partial charge in [-0.05, 0) is 19.3 Å². The van der Waals surface area contributed by atoms with Crippen LogP contribution in [0.15, 0.2) is 0 Å². The number of hydrogen-bond acceptors (Lipinski definition) is 3. The summed E-state index contributed by atoms with van der Waals surface area (Å²) in [5.41, 5.74) is 5.38. The molecule has 0 aromatic carbocycles. The summed E-state index contributed by atoms with van der Waals surface area (Å²) in [6.07, 6.45) is 2.58. The first-order valence-electron chi connectivity index (χ1n) is 6.62. The third-order valence-corrected chi connectivity index (χ3v) is 3.23. The van der Waals surface area contributed by atoms with E-state index in [0.717, 1.165) is 19.3 Å². The Morgan fingerprint density at radius 2 is 1.74 bits per heavy atom. The molecule has 19 heavy (non-hydrogen) atoms. The van der Waals surface area contributed by atoms with Crippen LogP contribution in [0.1, 0.15) is 40.0 Å². The molecule has 1 aliphatic carbocycles. The number of carbonyl (C=O) groups excluding carboxylic acids is 2. The quantitative estimate of drug-likeness (QED) is 0.670. The van der Waals surface area contributed by atoms with Crippen molar-refractivity contribution in [1.29, 1.82) is 0 Å². The second kappa shape index (κ2) is 7.70. The smallest absolute Gasteiger partial charge is 0.225 e. The minimum absolute atomic E-state index is 0. The maximum atomic E-state index is 11.8. The van der Waals surface area contributed by atoms with E-state index < -0.39 is 0 Å². The molecule has 1 fully saturated rings. The molecule has 4 N–H and O–H groups in total. The fraction of sp³-hybridized carbons (Fsp3) is 0.846. The van der Waals surface area contributed by atoms with E-state index in [1.165, 1.54) is 0 Å². The highest BCUT2D eigenvalue weighted by Crippen LogP contribution is 2.23. The van der Waals surface area contributed by atoms with Crippen LogP contribution in [0.2, 0.25) is 0 Å². The Bertz CT molecular complexity index is 316. The predicted molar refractivity (Wildman–Crippen MR) is 78.0 cm³/mol. The Labute approximate surface area is 121 Å². The van der Waals surface area contributed by atoms with Gasteiger partial charge in [0.1, 0.15) is 0 Å². The monoisotopic (exact) mass is 291 g/mol. The molecule has 0 saturated heterocycles. The number of hydrogen-bond donors (Lipinski definition) is 3. The SMILES string of the molecule is CC(C)(C)C(=O)NCCNC(=O)C1CCC(N)C1.Cl. The highest BCUT2D eigenvalue weighted by atomic mass is 35.5. The van der Waals surface area contributed by atoms with Crippen molar-refractivity contribution in [2.45, 2.75) is 46.1 Å². The molecule has 0 spiro atoms. The Balaban J connectivity index is 0.00000324. The molecule has 6 heteroatoms. The van der Waals surface area contributed by atoms with E-state index in [4.69, 9.17) is 5.73 Å². The standard InChI is InChI=1S/C13H25N3O2.ClH/c1-13(2,3)12(18)16-7-6-15-11(17)9-4-5-10(14)8-9;/h9-10H,4-8,14H2,1-3H3,(H,15,17)(H,16,18);1H. The van der Waals surface area contributed by atoms with Crippen molar-refractivity contribution in [3.8, 4) is 0 Å². The average Bonchev–Trinajstić information content (AvgIpc) is 2.69. The number of rotatable bonds is 4. The van der Waals surface area contributed by atoms with Crippen LogP contribution in [0, 0.1) is 11.3 Å². The van der Waals surface area contributed by atoms with Gasteiger partial charge in [0.05, 0.1) is 0 Å². The molecule has 1 aliphatic rings. The fourth-order valence-electron chi connectivity index (χ4n) is 2.03. The van der Waals surface area contributed by atoms with Crippen molar-refractivity contribution in [2.24, 2.45) is 17.1 Å². The van der Waals surface area contributed by atoms with E-state index in [-0.39, 0.29) is 41.6 Å². The van der Waals surface area contributed by atoms with Crippen LogP contribution in [0.3, 0.4) is 0 Å². The number of nitrogens with one attached hydrogen (secondary N) is 2. The molecule has 2 amide bonds. The van der Waals surface area contributed by atoms with Gasteiger partial charge in [-0.2, -0.15) is 0 Å². The molecule has 0 aromatic heterocycles. The van der Waals surface area contributed by atoms with Gasteiger partial charge in [-0.15, -0.1) is 12.4 Å². The lowest BCUT2D eigenvalue weighted by Crippen LogP contribution is -2.41. The zero-order valence-corrected chi connectivity index (χ0v) is 12.8. The number of halogens is 1. The summed E-state index contributed by atoms with van der Waals surface area (Å²) in [5, 5.41) is 5.64. The Morgan fingerprint density at radius 1 is 1.16 bits per heavy atom. The van der Waals surface area contributed by atoms with Crippen molar-refractivity contribution in [3.05, 3.63) is 0 Å². The molecule has 2 atom stereocenters. The molecule has 1 saturated carbocycles. The summed E-state index contributed by atoms with van der Waals surface area (Å²) in [4.78, 5) is 23.3. The molecule has 1 rings (SSSR count). The summed E-state index contributed by atoms with van der Waals surface area (Å²) in [6.45, 7) is 6.54. The average molecular weight is 292 g/mol. The molecule has 0 aromatic rings. The van der Waals surface area contributed by atoms with Crippen molar-refractivity contribution < 1.29 is 9.59 Å². The summed E-state index contributed by atoms with van der Waals surface area (Å²) in [6, 6.07) is 0.168. The summed E-state index contributed by atoms with van der Waals surface area (Å²) in [7, 11) is 0. The van der Waals surface area contributed by atoms with Crippen molar-refractivity contribution >= 4 is 24.2 Å². The molecule has 0 heterocycles. The van der Waals surface area contributed by atoms with Crippen LogP contribution in [-0.4, -0.2) is 30.9 Å². The Morgan fingerprint density at radius 3 is 2.21 bits per heavy atom. The van der Waals surface area contributed by atoms with E-state index in [0.29, 0.717) is 13.1 Å². The summed E-state index contributed by atoms with van der Waals surface area (Å²) < 4.78 is 0. The van der Waals surface area contributed by atoms with E-state index >= 15 is 0 Å². The first-order chi connectivity index (χ1) is 8.30. The number of carbonyl (C=O) groups is 2. The normalized spacial score (nSPS) is 22.5. The lowest BCUT2D eigenvalue weighted by Gasteiger charge is -2.18. The lowest BCUT2D eigenvalue weighted by molar-refractivity contribution is -0.129. The summed E-state index contributed by atoms with van der Waals surface area (Å²) in [5.74, 6) is 0.117. The van der Waals surface area contributed by atoms with Crippen molar-refractivity contribution in [2.75, 3.05) is 13.1 Å². The van der Waals surface area contributed by atoms with Crippen LogP contribution in [0.4, 0.5) is 0 Å². The van der Waals surface area contributed by atoms with Gasteiger partial charge in [-0.1, -0.05) is 20.8 Å². The van der Waals surface area contributed by atoms with Crippen molar-refractivity contribution in [1.82, 2.24) is 10.6 Å². The highest BCUT2D eigenvalue weighted by Gasteiger charge is 2.27. The number of amides is 2. The number of nitrogens with two attached hydrogens (primary N) is 1. The first-order valence-corrected chi connectivity index (χ1v) is 6.62. The van der Waals surface area contributed by atoms with E-state index in [1.807, 2.05) is 20.8 Å². The maximum Gasteiger partial charge on any atom is 0.225 e. The lowest BCUT2D eigenvalue weighted by atomic mass is 9.96. The second-order valence-corrected chi connectivity index (χ2v) is 6.07. The second-order valence-electron chi connectivity index (χ2n) is 6.07. The third-order valence-electron chi connectivity index (χ3n) is 3.23. The minimum atomic E-state index is -0.387. The van der Waals surface area contributed by atoms with Crippen molar-refractivity contribution in [3.63, 3.8) is 0 Å². The van der Waals surface area contributed by atoms with E-state index in [9.17, 15) is 9.59 Å². The Hall–Kier alpha value is -0.810. The molecular weight excluding hydrogens is 266 g/mol. The first kappa shape index (κ1) is 18.2. The van der Waals surface area contributed by atoms with Gasteiger partial charge in [0.15, 0.2) is 0 Å². The molecule has 0 radical (unpaired) electrons. The molecule has 0 bridgehead atoms. The van der Waals surface area contributed by atoms with Gasteiger partial charge < -0.3 is 16.4 Å². The topological polar surface area (TPSA) is 84.2 Å². The van der Waals surface area contributed by atoms with Crippen LogP contribution in [0.25, 0.3) is 0 Å². The molecular formula is C13H26ClN3O2. The van der Waals surface area contributed by atoms with Gasteiger partial charge in [0, 0.05) is 30.5 Å². The van der Waals surface area contributed by atoms with Crippen LogP contribution in [-0.2, 0) is 9.59 Å². The fourth-order valence-corrected chi connectivity index (χ4v) is 2.03. The maximum absolute atomic E-state index is 11.8. The van der Waals surface area contributed by atoms with Gasteiger partial charge in [-0.3, -0.25) is 9.59 Å². The van der Waals surface area contributed by atoms with E-state index in [1.54, 1.807) is 0 Å². The Kier molecular flexibility index (Phi) is 7.37. The van der Waals surface area contributed by atoms with Gasteiger partial charge in [0.2, 0.25) is 11.8 Å². The van der Waals surface area contributed by atoms with E-state index in [2.05, 4.69) is 10.6 Å². The highest BCUT2D eigenvalue weighted by molar-refractivity contribution is 5.85. The predicted octanol–water partition coefficient (Wildman–Crippen LogP) is 0.814. The zero-order chi connectivity index (χ0) is 13.8. The minimum Gasteiger partial charge on any atom is -0.354 e. The van der Waals surface area contributed by atoms with Crippen LogP contribution < -0.4 is 16.4 Å².